The molecule has 3 heterocycles. The predicted octanol–water partition coefficient (Wildman–Crippen LogP) is 0.913. The number of nitrogens with one attached hydrogen (secondary N) is 1. The van der Waals surface area contributed by atoms with Gasteiger partial charge in [0.2, 0.25) is 5.91 Å². The first-order valence-corrected chi connectivity index (χ1v) is 6.63. The highest BCUT2D eigenvalue weighted by atomic mass is 16.1. The Balaban J connectivity index is 1.63. The molecule has 1 amide bonds. The fourth-order valence-corrected chi connectivity index (χ4v) is 2.87. The van der Waals surface area contributed by atoms with E-state index in [1.807, 2.05) is 18.5 Å². The van der Waals surface area contributed by atoms with E-state index >= 15 is 0 Å². The van der Waals surface area contributed by atoms with Crippen LogP contribution in [-0.2, 0) is 11.2 Å². The lowest BCUT2D eigenvalue weighted by Crippen LogP contribution is -2.32. The average molecular weight is 258 g/mol. The normalized spacial score (nSPS) is 20.1. The molecule has 1 atom stereocenters. The number of carbonyl (C=O) groups is 1. The fourth-order valence-electron chi connectivity index (χ4n) is 2.87. The molecule has 0 spiro atoms. The zero-order valence-corrected chi connectivity index (χ0v) is 10.8. The number of nitrogens with two attached hydrogens (primary N) is 1. The number of likely N-dealkylation sites (tertiary alicyclic amines) is 1. The molecule has 0 aromatic carbocycles. The van der Waals surface area contributed by atoms with Crippen molar-refractivity contribution >= 4 is 16.9 Å². The Labute approximate surface area is 111 Å². The van der Waals surface area contributed by atoms with Gasteiger partial charge in [0.1, 0.15) is 5.65 Å². The first kappa shape index (κ1) is 12.2. The van der Waals surface area contributed by atoms with Crippen LogP contribution in [0.5, 0.6) is 0 Å². The Kier molecular flexibility index (Phi) is 3.21. The third kappa shape index (κ3) is 2.76. The number of H-pyrrole nitrogens is 1. The van der Waals surface area contributed by atoms with Crippen molar-refractivity contribution in [2.24, 2.45) is 11.7 Å². The van der Waals surface area contributed by atoms with Crippen LogP contribution in [0.25, 0.3) is 11.0 Å². The number of primary amides is 1. The van der Waals surface area contributed by atoms with Gasteiger partial charge >= 0.3 is 0 Å². The van der Waals surface area contributed by atoms with Crippen LogP contribution in [0.4, 0.5) is 0 Å². The molecule has 0 bridgehead atoms. The molecule has 1 fully saturated rings. The highest BCUT2D eigenvalue weighted by Crippen LogP contribution is 2.21. The SMILES string of the molecule is NC(=O)CN1CCC(Cc2cnc3[nH]ccc3c2)C1. The topological polar surface area (TPSA) is 75.0 Å². The van der Waals surface area contributed by atoms with Gasteiger partial charge in [-0.15, -0.1) is 0 Å². The summed E-state index contributed by atoms with van der Waals surface area (Å²) in [7, 11) is 0. The Bertz CT molecular complexity index is 592. The van der Waals surface area contributed by atoms with Gasteiger partial charge < -0.3 is 10.7 Å². The molecule has 5 nitrogen and oxygen atoms in total. The second kappa shape index (κ2) is 5.01. The average Bonchev–Trinajstić information content (AvgIpc) is 2.97. The largest absolute Gasteiger partial charge is 0.369 e. The molecule has 3 N–H and O–H groups in total. The molecule has 0 aliphatic carbocycles. The van der Waals surface area contributed by atoms with Crippen molar-refractivity contribution in [3.05, 3.63) is 30.1 Å². The van der Waals surface area contributed by atoms with E-state index in [1.165, 1.54) is 5.56 Å². The number of aromatic nitrogens is 2. The number of pyridine rings is 1. The van der Waals surface area contributed by atoms with E-state index in [0.717, 1.165) is 37.0 Å². The molecule has 5 heteroatoms. The van der Waals surface area contributed by atoms with Gasteiger partial charge in [0.15, 0.2) is 0 Å². The molecule has 1 saturated heterocycles. The third-order valence-electron chi connectivity index (χ3n) is 3.73. The summed E-state index contributed by atoms with van der Waals surface area (Å²) in [6, 6.07) is 4.23. The predicted molar refractivity (Wildman–Crippen MR) is 73.5 cm³/mol. The van der Waals surface area contributed by atoms with Crippen LogP contribution in [0, 0.1) is 5.92 Å². The molecular weight excluding hydrogens is 240 g/mol. The Morgan fingerprint density at radius 3 is 3.32 bits per heavy atom. The maximum absolute atomic E-state index is 10.9. The lowest BCUT2D eigenvalue weighted by molar-refractivity contribution is -0.118. The molecule has 2 aromatic heterocycles. The van der Waals surface area contributed by atoms with Crippen LogP contribution in [-0.4, -0.2) is 40.4 Å². The summed E-state index contributed by atoms with van der Waals surface area (Å²) in [4.78, 5) is 20.5. The van der Waals surface area contributed by atoms with Gasteiger partial charge in [-0.3, -0.25) is 9.69 Å². The number of hydrogen-bond acceptors (Lipinski definition) is 3. The minimum Gasteiger partial charge on any atom is -0.369 e. The number of amides is 1. The van der Waals surface area contributed by atoms with Crippen molar-refractivity contribution in [1.82, 2.24) is 14.9 Å². The summed E-state index contributed by atoms with van der Waals surface area (Å²) >= 11 is 0. The van der Waals surface area contributed by atoms with Crippen molar-refractivity contribution in [3.63, 3.8) is 0 Å². The van der Waals surface area contributed by atoms with E-state index in [2.05, 4.69) is 20.9 Å². The number of rotatable bonds is 4. The van der Waals surface area contributed by atoms with Crippen LogP contribution >= 0.6 is 0 Å². The minimum atomic E-state index is -0.240. The van der Waals surface area contributed by atoms with Crippen molar-refractivity contribution in [2.75, 3.05) is 19.6 Å². The lowest BCUT2D eigenvalue weighted by atomic mass is 9.99. The summed E-state index contributed by atoms with van der Waals surface area (Å²) in [5, 5.41) is 1.16. The zero-order chi connectivity index (χ0) is 13.2. The highest BCUT2D eigenvalue weighted by Gasteiger charge is 2.23. The lowest BCUT2D eigenvalue weighted by Gasteiger charge is -2.13. The number of fused-ring (bicyclic) bond motifs is 1. The molecule has 100 valence electrons. The van der Waals surface area contributed by atoms with Crippen molar-refractivity contribution in [3.8, 4) is 0 Å². The molecule has 3 rings (SSSR count). The van der Waals surface area contributed by atoms with Gasteiger partial charge in [0.05, 0.1) is 6.54 Å². The Morgan fingerprint density at radius 2 is 2.47 bits per heavy atom. The van der Waals surface area contributed by atoms with Gasteiger partial charge in [0.25, 0.3) is 0 Å². The summed E-state index contributed by atoms with van der Waals surface area (Å²) in [5.41, 5.74) is 7.42. The molecule has 0 radical (unpaired) electrons. The highest BCUT2D eigenvalue weighted by molar-refractivity contribution is 5.76. The number of carbonyl (C=O) groups excluding carboxylic acids is 1. The summed E-state index contributed by atoms with van der Waals surface area (Å²) < 4.78 is 0. The van der Waals surface area contributed by atoms with Crippen molar-refractivity contribution in [1.29, 1.82) is 0 Å². The summed E-state index contributed by atoms with van der Waals surface area (Å²) in [6.45, 7) is 2.30. The first-order valence-electron chi connectivity index (χ1n) is 6.63. The second-order valence-corrected chi connectivity index (χ2v) is 5.32. The smallest absolute Gasteiger partial charge is 0.231 e. The van der Waals surface area contributed by atoms with E-state index in [1.54, 1.807) is 0 Å². The molecule has 1 aliphatic rings. The zero-order valence-electron chi connectivity index (χ0n) is 10.8. The molecular formula is C14H18N4O. The van der Waals surface area contributed by atoms with Gasteiger partial charge in [-0.05, 0) is 43.0 Å². The van der Waals surface area contributed by atoms with Crippen LogP contribution in [0.15, 0.2) is 24.5 Å². The van der Waals surface area contributed by atoms with Gasteiger partial charge in [-0.1, -0.05) is 0 Å². The number of nitrogens with zero attached hydrogens (tertiary/aromatic N) is 2. The van der Waals surface area contributed by atoms with Crippen molar-refractivity contribution < 1.29 is 4.79 Å². The molecule has 0 saturated carbocycles. The summed E-state index contributed by atoms with van der Waals surface area (Å²) in [5.74, 6) is 0.355. The monoisotopic (exact) mass is 258 g/mol. The van der Waals surface area contributed by atoms with E-state index < -0.39 is 0 Å². The number of aromatic amines is 1. The van der Waals surface area contributed by atoms with Crippen LogP contribution < -0.4 is 5.73 Å². The molecule has 1 aliphatic heterocycles. The fraction of sp³-hybridized carbons (Fsp3) is 0.429. The maximum atomic E-state index is 10.9. The maximum Gasteiger partial charge on any atom is 0.231 e. The molecule has 2 aromatic rings. The Morgan fingerprint density at radius 1 is 1.58 bits per heavy atom. The van der Waals surface area contributed by atoms with E-state index in [-0.39, 0.29) is 5.91 Å². The van der Waals surface area contributed by atoms with Crippen molar-refractivity contribution in [2.45, 2.75) is 12.8 Å². The van der Waals surface area contributed by atoms with E-state index in [9.17, 15) is 4.79 Å². The van der Waals surface area contributed by atoms with Gasteiger partial charge in [0, 0.05) is 24.3 Å². The van der Waals surface area contributed by atoms with Crippen LogP contribution in [0.2, 0.25) is 0 Å². The standard InChI is InChI=1S/C14H18N4O/c15-13(19)9-18-4-2-10(8-18)5-11-6-12-1-3-16-14(12)17-7-11/h1,3,6-7,10H,2,4-5,8-9H2,(H2,15,19)(H,16,17). The van der Waals surface area contributed by atoms with Gasteiger partial charge in [-0.25, -0.2) is 4.98 Å². The summed E-state index contributed by atoms with van der Waals surface area (Å²) in [6.07, 6.45) is 5.99. The van der Waals surface area contributed by atoms with E-state index in [0.29, 0.717) is 12.5 Å². The number of hydrogen-bond donors (Lipinski definition) is 2. The quantitative estimate of drug-likeness (QED) is 0.856. The van der Waals surface area contributed by atoms with Crippen LogP contribution in [0.3, 0.4) is 0 Å². The molecule has 1 unspecified atom stereocenters. The first-order chi connectivity index (χ1) is 9.20. The molecule has 19 heavy (non-hydrogen) atoms. The van der Waals surface area contributed by atoms with Crippen LogP contribution in [0.1, 0.15) is 12.0 Å². The Hall–Kier alpha value is -1.88. The second-order valence-electron chi connectivity index (χ2n) is 5.32. The van der Waals surface area contributed by atoms with Gasteiger partial charge in [-0.2, -0.15) is 0 Å². The van der Waals surface area contributed by atoms with E-state index in [4.69, 9.17) is 5.73 Å². The third-order valence-corrected chi connectivity index (χ3v) is 3.73. The minimum absolute atomic E-state index is 0.240.